The first-order chi connectivity index (χ1) is 14.3. The molecule has 1 heterocycles. The second-order valence-electron chi connectivity index (χ2n) is 7.51. The number of amides is 2. The molecule has 0 saturated heterocycles. The zero-order valence-electron chi connectivity index (χ0n) is 18.5. The van der Waals surface area contributed by atoms with Gasteiger partial charge in [0.05, 0.1) is 10.0 Å². The molecule has 0 saturated carbocycles. The first-order valence-corrected chi connectivity index (χ1v) is 11.9. The lowest BCUT2D eigenvalue weighted by molar-refractivity contribution is 0.201. The fraction of sp³-hybridized carbons (Fsp3) is 0.571. The number of hydrogen-bond acceptors (Lipinski definition) is 5. The molecule has 1 aromatic carbocycles. The highest BCUT2D eigenvalue weighted by atomic mass is 35.5. The summed E-state index contributed by atoms with van der Waals surface area (Å²) in [4.78, 5) is 20.6. The van der Waals surface area contributed by atoms with Crippen molar-refractivity contribution in [3.63, 3.8) is 0 Å². The third-order valence-electron chi connectivity index (χ3n) is 4.87. The van der Waals surface area contributed by atoms with Crippen LogP contribution >= 0.6 is 35.0 Å². The van der Waals surface area contributed by atoms with Gasteiger partial charge in [0.2, 0.25) is 0 Å². The minimum absolute atomic E-state index is 0.120. The molecule has 2 amide bonds. The minimum Gasteiger partial charge on any atom is -0.361 e. The molecule has 9 heteroatoms. The number of allylic oxidation sites excluding steroid dienone is 1. The maximum absolute atomic E-state index is 12.5. The molecule has 30 heavy (non-hydrogen) atoms. The predicted molar refractivity (Wildman–Crippen MR) is 129 cm³/mol. The van der Waals surface area contributed by atoms with E-state index in [1.54, 1.807) is 23.9 Å². The fourth-order valence-corrected chi connectivity index (χ4v) is 5.02. The Hall–Kier alpha value is -1.28. The van der Waals surface area contributed by atoms with Gasteiger partial charge >= 0.3 is 6.03 Å². The van der Waals surface area contributed by atoms with Gasteiger partial charge in [-0.15, -0.1) is 0 Å². The molecule has 0 spiro atoms. The van der Waals surface area contributed by atoms with E-state index in [2.05, 4.69) is 60.3 Å². The summed E-state index contributed by atoms with van der Waals surface area (Å²) in [5.74, 6) is 1.22. The van der Waals surface area contributed by atoms with Gasteiger partial charge in [-0.25, -0.2) is 4.79 Å². The van der Waals surface area contributed by atoms with E-state index in [4.69, 9.17) is 23.2 Å². The van der Waals surface area contributed by atoms with Crippen LogP contribution in [0.1, 0.15) is 32.3 Å². The molecule has 1 aliphatic rings. The highest BCUT2D eigenvalue weighted by molar-refractivity contribution is 8.03. The number of carbonyl (C=O) groups is 1. The van der Waals surface area contributed by atoms with Crippen LogP contribution in [-0.2, 0) is 6.54 Å². The second kappa shape index (κ2) is 11.9. The molecule has 1 aliphatic heterocycles. The summed E-state index contributed by atoms with van der Waals surface area (Å²) in [6.45, 7) is 7.52. The number of urea groups is 1. The van der Waals surface area contributed by atoms with Gasteiger partial charge in [0.1, 0.15) is 5.82 Å². The van der Waals surface area contributed by atoms with Gasteiger partial charge in [-0.1, -0.05) is 48.0 Å². The quantitative estimate of drug-likeness (QED) is 0.519. The van der Waals surface area contributed by atoms with E-state index in [0.29, 0.717) is 16.6 Å². The normalized spacial score (nSPS) is 16.4. The van der Waals surface area contributed by atoms with Crippen LogP contribution in [0, 0.1) is 0 Å². The van der Waals surface area contributed by atoms with Crippen LogP contribution in [0.2, 0.25) is 10.0 Å². The molecule has 0 radical (unpaired) electrons. The zero-order chi connectivity index (χ0) is 22.3. The maximum Gasteiger partial charge on any atom is 0.317 e. The van der Waals surface area contributed by atoms with Crippen molar-refractivity contribution in [1.82, 2.24) is 25.3 Å². The Morgan fingerprint density at radius 2 is 1.90 bits per heavy atom. The molecular weight excluding hydrogens is 441 g/mol. The summed E-state index contributed by atoms with van der Waals surface area (Å²) in [7, 11) is 6.32. The van der Waals surface area contributed by atoms with E-state index in [-0.39, 0.29) is 11.5 Å². The van der Waals surface area contributed by atoms with E-state index in [9.17, 15) is 4.79 Å². The van der Waals surface area contributed by atoms with Crippen molar-refractivity contribution in [3.05, 3.63) is 44.5 Å². The monoisotopic (exact) mass is 473 g/mol. The third kappa shape index (κ3) is 6.87. The van der Waals surface area contributed by atoms with E-state index in [0.717, 1.165) is 38.0 Å². The second-order valence-corrected chi connectivity index (χ2v) is 9.50. The van der Waals surface area contributed by atoms with Gasteiger partial charge in [-0.3, -0.25) is 0 Å². The Labute approximate surface area is 194 Å². The molecule has 6 nitrogen and oxygen atoms in total. The van der Waals surface area contributed by atoms with Crippen molar-refractivity contribution in [1.29, 1.82) is 0 Å². The number of nitrogens with zero attached hydrogens (tertiary/aromatic N) is 3. The predicted octanol–water partition coefficient (Wildman–Crippen LogP) is 4.61. The molecule has 0 fully saturated rings. The van der Waals surface area contributed by atoms with Gasteiger partial charge in [0.25, 0.3) is 0 Å². The van der Waals surface area contributed by atoms with Gasteiger partial charge in [0.15, 0.2) is 5.50 Å². The summed E-state index contributed by atoms with van der Waals surface area (Å²) in [5, 5.41) is 7.00. The summed E-state index contributed by atoms with van der Waals surface area (Å²) >= 11 is 13.7. The van der Waals surface area contributed by atoms with Crippen LogP contribution in [-0.4, -0.2) is 67.0 Å². The molecule has 0 aliphatic carbocycles. The number of carbonyl (C=O) groups excluding carboxylic acids is 1. The maximum atomic E-state index is 12.5. The molecule has 0 aromatic heterocycles. The summed E-state index contributed by atoms with van der Waals surface area (Å²) in [6, 6.07) is 5.16. The van der Waals surface area contributed by atoms with Crippen molar-refractivity contribution in [3.8, 4) is 0 Å². The van der Waals surface area contributed by atoms with E-state index < -0.39 is 0 Å². The van der Waals surface area contributed by atoms with Crippen LogP contribution in [0.5, 0.6) is 0 Å². The van der Waals surface area contributed by atoms with Gasteiger partial charge < -0.3 is 25.3 Å². The average molecular weight is 475 g/mol. The van der Waals surface area contributed by atoms with Crippen LogP contribution in [0.4, 0.5) is 4.79 Å². The molecule has 2 N–H and O–H groups in total. The Bertz CT molecular complexity index is 759. The first kappa shape index (κ1) is 25.0. The Balaban J connectivity index is 1.95. The molecular formula is C21H33Cl2N5OS. The fourth-order valence-electron chi connectivity index (χ4n) is 3.34. The van der Waals surface area contributed by atoms with E-state index >= 15 is 0 Å². The minimum atomic E-state index is -0.205. The Morgan fingerprint density at radius 3 is 2.50 bits per heavy atom. The SMILES string of the molecule is CCC1=C(N(C)CCCN(C)C)N(CC)C(NC(=O)NCc2ccc(Cl)c(Cl)c2)S1. The molecule has 2 rings (SSSR count). The van der Waals surface area contributed by atoms with Crippen molar-refractivity contribution < 1.29 is 4.79 Å². The largest absolute Gasteiger partial charge is 0.361 e. The van der Waals surface area contributed by atoms with E-state index in [1.807, 2.05) is 6.07 Å². The lowest BCUT2D eigenvalue weighted by Gasteiger charge is -2.33. The summed E-state index contributed by atoms with van der Waals surface area (Å²) in [6.07, 6.45) is 2.03. The van der Waals surface area contributed by atoms with Crippen LogP contribution < -0.4 is 10.6 Å². The van der Waals surface area contributed by atoms with Crippen molar-refractivity contribution in [2.24, 2.45) is 0 Å². The number of benzene rings is 1. The number of rotatable bonds is 10. The number of thioether (sulfide) groups is 1. The topological polar surface area (TPSA) is 50.9 Å². The summed E-state index contributed by atoms with van der Waals surface area (Å²) < 4.78 is 0. The highest BCUT2D eigenvalue weighted by Gasteiger charge is 2.33. The Kier molecular flexibility index (Phi) is 9.94. The van der Waals surface area contributed by atoms with E-state index in [1.165, 1.54) is 10.7 Å². The van der Waals surface area contributed by atoms with Crippen LogP contribution in [0.3, 0.4) is 0 Å². The van der Waals surface area contributed by atoms with Gasteiger partial charge in [-0.05, 0) is 58.1 Å². The van der Waals surface area contributed by atoms with Crippen LogP contribution in [0.15, 0.2) is 28.9 Å². The zero-order valence-corrected chi connectivity index (χ0v) is 20.8. The lowest BCUT2D eigenvalue weighted by Crippen LogP contribution is -2.48. The number of hydrogen-bond donors (Lipinski definition) is 2. The summed E-state index contributed by atoms with van der Waals surface area (Å²) in [5.41, 5.74) is 0.782. The third-order valence-corrected chi connectivity index (χ3v) is 6.96. The standard InChI is InChI=1S/C21H33Cl2N5OS/c1-6-18-19(27(5)12-8-11-26(3)4)28(7-2)21(30-18)25-20(29)24-14-15-9-10-16(22)17(23)13-15/h9-10,13,21H,6-8,11-12,14H2,1-5H3,(H2,24,25,29). The lowest BCUT2D eigenvalue weighted by atomic mass is 10.2. The molecule has 1 atom stereocenters. The highest BCUT2D eigenvalue weighted by Crippen LogP contribution is 2.39. The first-order valence-electron chi connectivity index (χ1n) is 10.3. The smallest absolute Gasteiger partial charge is 0.317 e. The average Bonchev–Trinajstić information content (AvgIpc) is 3.05. The molecule has 0 bridgehead atoms. The van der Waals surface area contributed by atoms with Crippen LogP contribution in [0.25, 0.3) is 0 Å². The Morgan fingerprint density at radius 1 is 1.17 bits per heavy atom. The van der Waals surface area contributed by atoms with Gasteiger partial charge in [0, 0.05) is 31.6 Å². The van der Waals surface area contributed by atoms with Crippen molar-refractivity contribution in [2.75, 3.05) is 40.8 Å². The van der Waals surface area contributed by atoms with Gasteiger partial charge in [-0.2, -0.15) is 0 Å². The van der Waals surface area contributed by atoms with Crippen molar-refractivity contribution >= 4 is 41.0 Å². The van der Waals surface area contributed by atoms with Crippen molar-refractivity contribution in [2.45, 2.75) is 38.7 Å². The molecule has 1 aromatic rings. The number of halogens is 2. The number of nitrogens with one attached hydrogen (secondary N) is 2. The molecule has 1 unspecified atom stereocenters. The molecule has 168 valence electrons.